The van der Waals surface area contributed by atoms with Crippen molar-refractivity contribution >= 4 is 6.01 Å². The molecule has 1 heterocycles. The molecule has 2 atom stereocenters. The summed E-state index contributed by atoms with van der Waals surface area (Å²) < 4.78 is 5.64. The number of anilines is 1. The molecule has 2 N–H and O–H groups in total. The highest BCUT2D eigenvalue weighted by Crippen LogP contribution is 2.16. The van der Waals surface area contributed by atoms with Gasteiger partial charge < -0.3 is 15.1 Å². The molecule has 0 fully saturated rings. The first-order valence-corrected chi connectivity index (χ1v) is 7.86. The Labute approximate surface area is 122 Å². The van der Waals surface area contributed by atoms with Gasteiger partial charge in [-0.25, -0.2) is 0 Å². The van der Waals surface area contributed by atoms with Gasteiger partial charge in [0.1, 0.15) is 0 Å². The van der Waals surface area contributed by atoms with Crippen molar-refractivity contribution in [2.24, 2.45) is 5.92 Å². The van der Waals surface area contributed by atoms with Crippen LogP contribution in [0.25, 0.3) is 0 Å². The molecule has 0 radical (unpaired) electrons. The lowest BCUT2D eigenvalue weighted by Crippen LogP contribution is -2.19. The molecule has 0 spiro atoms. The zero-order chi connectivity index (χ0) is 15.0. The minimum absolute atomic E-state index is 0.106. The Balaban J connectivity index is 2.35. The average Bonchev–Trinajstić information content (AvgIpc) is 2.84. The first kappa shape index (κ1) is 17.0. The monoisotopic (exact) mass is 282 g/mol. The Morgan fingerprint density at radius 2 is 1.85 bits per heavy atom. The molecule has 0 aliphatic heterocycles. The predicted molar refractivity (Wildman–Crippen MR) is 82.8 cm³/mol. The van der Waals surface area contributed by atoms with Crippen molar-refractivity contribution in [2.75, 3.05) is 11.9 Å². The van der Waals surface area contributed by atoms with Crippen LogP contribution in [0.3, 0.4) is 0 Å². The molecule has 2 unspecified atom stereocenters. The average molecular weight is 282 g/mol. The third kappa shape index (κ3) is 6.37. The molecular formula is C15H30N4O. The van der Waals surface area contributed by atoms with Crippen molar-refractivity contribution in [3.8, 4) is 0 Å². The third-order valence-electron chi connectivity index (χ3n) is 3.30. The summed E-state index contributed by atoms with van der Waals surface area (Å²) in [6.07, 6.45) is 4.70. The van der Waals surface area contributed by atoms with Gasteiger partial charge in [0.15, 0.2) is 0 Å². The molecule has 1 aromatic heterocycles. The molecule has 5 nitrogen and oxygen atoms in total. The van der Waals surface area contributed by atoms with Crippen LogP contribution in [0.2, 0.25) is 0 Å². The Bertz CT molecular complexity index is 365. The van der Waals surface area contributed by atoms with E-state index in [1.54, 1.807) is 0 Å². The summed E-state index contributed by atoms with van der Waals surface area (Å²) in [4.78, 5) is 0. The second-order valence-corrected chi connectivity index (χ2v) is 5.99. The van der Waals surface area contributed by atoms with Crippen molar-refractivity contribution in [3.63, 3.8) is 0 Å². The molecule has 0 bridgehead atoms. The van der Waals surface area contributed by atoms with E-state index >= 15 is 0 Å². The summed E-state index contributed by atoms with van der Waals surface area (Å²) >= 11 is 0. The van der Waals surface area contributed by atoms with E-state index in [2.05, 4.69) is 48.5 Å². The molecule has 0 aromatic carbocycles. The van der Waals surface area contributed by atoms with E-state index < -0.39 is 0 Å². The minimum Gasteiger partial charge on any atom is -0.406 e. The van der Waals surface area contributed by atoms with Crippen molar-refractivity contribution in [3.05, 3.63) is 5.89 Å². The summed E-state index contributed by atoms with van der Waals surface area (Å²) in [5.74, 6) is 1.41. The molecule has 5 heteroatoms. The second-order valence-electron chi connectivity index (χ2n) is 5.99. The predicted octanol–water partition coefficient (Wildman–Crippen LogP) is 3.76. The van der Waals surface area contributed by atoms with Crippen LogP contribution in [0.15, 0.2) is 4.42 Å². The van der Waals surface area contributed by atoms with Crippen LogP contribution in [0.4, 0.5) is 6.01 Å². The molecule has 1 rings (SSSR count). The van der Waals surface area contributed by atoms with Crippen LogP contribution in [0, 0.1) is 5.92 Å². The molecular weight excluding hydrogens is 252 g/mol. The number of nitrogens with zero attached hydrogens (tertiary/aromatic N) is 2. The van der Waals surface area contributed by atoms with Crippen LogP contribution in [0.1, 0.15) is 72.2 Å². The standard InChI is InChI=1S/C15H30N4O/c1-6-10-16-13(5)14-18-19-15(20-14)17-12(4)9-7-8-11(2)3/h11-13,16H,6-10H2,1-5H3,(H,17,19). The largest absolute Gasteiger partial charge is 0.406 e. The van der Waals surface area contributed by atoms with Gasteiger partial charge in [-0.3, -0.25) is 0 Å². The first-order valence-electron chi connectivity index (χ1n) is 7.86. The van der Waals surface area contributed by atoms with Gasteiger partial charge in [0, 0.05) is 6.04 Å². The Hall–Kier alpha value is -1.10. The molecule has 1 aromatic rings. The normalized spacial score (nSPS) is 14.5. The second kappa shape index (κ2) is 8.95. The SMILES string of the molecule is CCCNC(C)c1nnc(NC(C)CCCC(C)C)o1. The maximum Gasteiger partial charge on any atom is 0.315 e. The Kier molecular flexibility index (Phi) is 7.59. The Morgan fingerprint density at radius 3 is 2.50 bits per heavy atom. The van der Waals surface area contributed by atoms with Gasteiger partial charge in [0.25, 0.3) is 0 Å². The fourth-order valence-corrected chi connectivity index (χ4v) is 2.03. The topological polar surface area (TPSA) is 63.0 Å². The van der Waals surface area contributed by atoms with E-state index in [-0.39, 0.29) is 6.04 Å². The third-order valence-corrected chi connectivity index (χ3v) is 3.30. The smallest absolute Gasteiger partial charge is 0.315 e. The number of hydrogen-bond acceptors (Lipinski definition) is 5. The van der Waals surface area contributed by atoms with E-state index in [0.29, 0.717) is 17.9 Å². The zero-order valence-electron chi connectivity index (χ0n) is 13.6. The van der Waals surface area contributed by atoms with Gasteiger partial charge >= 0.3 is 6.01 Å². The number of rotatable bonds is 10. The van der Waals surface area contributed by atoms with E-state index in [1.165, 1.54) is 12.8 Å². The molecule has 0 saturated carbocycles. The maximum atomic E-state index is 5.64. The fourth-order valence-electron chi connectivity index (χ4n) is 2.03. The summed E-state index contributed by atoms with van der Waals surface area (Å²) in [6.45, 7) is 11.8. The van der Waals surface area contributed by atoms with Crippen LogP contribution < -0.4 is 10.6 Å². The molecule has 0 aliphatic rings. The van der Waals surface area contributed by atoms with Crippen LogP contribution in [-0.4, -0.2) is 22.8 Å². The summed E-state index contributed by atoms with van der Waals surface area (Å²) in [5.41, 5.74) is 0. The number of aromatic nitrogens is 2. The molecule has 20 heavy (non-hydrogen) atoms. The van der Waals surface area contributed by atoms with Crippen molar-refractivity contribution < 1.29 is 4.42 Å². The van der Waals surface area contributed by atoms with Gasteiger partial charge in [0.05, 0.1) is 6.04 Å². The highest BCUT2D eigenvalue weighted by molar-refractivity contribution is 5.19. The molecule has 0 amide bonds. The summed E-state index contributed by atoms with van der Waals surface area (Å²) in [6, 6.07) is 0.998. The Morgan fingerprint density at radius 1 is 1.10 bits per heavy atom. The van der Waals surface area contributed by atoms with E-state index in [9.17, 15) is 0 Å². The highest BCUT2D eigenvalue weighted by atomic mass is 16.4. The quantitative estimate of drug-likeness (QED) is 0.684. The lowest BCUT2D eigenvalue weighted by molar-refractivity contribution is 0.419. The van der Waals surface area contributed by atoms with Crippen molar-refractivity contribution in [1.82, 2.24) is 15.5 Å². The lowest BCUT2D eigenvalue weighted by atomic mass is 10.0. The molecule has 0 saturated heterocycles. The van der Waals surface area contributed by atoms with Gasteiger partial charge in [0.2, 0.25) is 5.89 Å². The summed E-state index contributed by atoms with van der Waals surface area (Å²) in [7, 11) is 0. The lowest BCUT2D eigenvalue weighted by Gasteiger charge is -2.12. The fraction of sp³-hybridized carbons (Fsp3) is 0.867. The van der Waals surface area contributed by atoms with Crippen LogP contribution in [-0.2, 0) is 0 Å². The van der Waals surface area contributed by atoms with Gasteiger partial charge in [-0.05, 0) is 39.2 Å². The molecule has 0 aliphatic carbocycles. The van der Waals surface area contributed by atoms with E-state index in [4.69, 9.17) is 4.42 Å². The summed E-state index contributed by atoms with van der Waals surface area (Å²) in [5, 5.41) is 14.8. The molecule has 116 valence electrons. The first-order chi connectivity index (χ1) is 9.52. The van der Waals surface area contributed by atoms with Crippen molar-refractivity contribution in [1.29, 1.82) is 0 Å². The van der Waals surface area contributed by atoms with Gasteiger partial charge in [-0.15, -0.1) is 5.10 Å². The van der Waals surface area contributed by atoms with Crippen molar-refractivity contribution in [2.45, 2.75) is 72.4 Å². The van der Waals surface area contributed by atoms with Crippen LogP contribution >= 0.6 is 0 Å². The minimum atomic E-state index is 0.106. The number of nitrogens with one attached hydrogen (secondary N) is 2. The highest BCUT2D eigenvalue weighted by Gasteiger charge is 2.14. The zero-order valence-corrected chi connectivity index (χ0v) is 13.6. The maximum absolute atomic E-state index is 5.64. The van der Waals surface area contributed by atoms with E-state index in [0.717, 1.165) is 25.3 Å². The van der Waals surface area contributed by atoms with E-state index in [1.807, 2.05) is 6.92 Å². The number of hydrogen-bond donors (Lipinski definition) is 2. The van der Waals surface area contributed by atoms with Crippen LogP contribution in [0.5, 0.6) is 0 Å². The van der Waals surface area contributed by atoms with Gasteiger partial charge in [-0.1, -0.05) is 38.7 Å². The van der Waals surface area contributed by atoms with Gasteiger partial charge in [-0.2, -0.15) is 0 Å².